The van der Waals surface area contributed by atoms with Gasteiger partial charge in [0.15, 0.2) is 0 Å². The Bertz CT molecular complexity index is 297. The first-order valence-electron chi connectivity index (χ1n) is 4.60. The zero-order valence-corrected chi connectivity index (χ0v) is 8.91. The molecule has 0 bridgehead atoms. The van der Waals surface area contributed by atoms with E-state index in [9.17, 15) is 0 Å². The van der Waals surface area contributed by atoms with Crippen LogP contribution in [0.25, 0.3) is 0 Å². The highest BCUT2D eigenvalue weighted by Crippen LogP contribution is 2.22. The summed E-state index contributed by atoms with van der Waals surface area (Å²) < 4.78 is 10.2. The normalized spacial score (nSPS) is 12.6. The predicted molar refractivity (Wildman–Crippen MR) is 56.3 cm³/mol. The quantitative estimate of drug-likeness (QED) is 0.797. The molecule has 1 aromatic rings. The number of methoxy groups -OCH3 is 2. The maximum absolute atomic E-state index is 5.84. The molecule has 1 rings (SSSR count). The van der Waals surface area contributed by atoms with E-state index >= 15 is 0 Å². The first kappa shape index (κ1) is 11.0. The van der Waals surface area contributed by atoms with E-state index in [0.717, 1.165) is 16.9 Å². The number of hydrogen-bond acceptors (Lipinski definition) is 3. The third-order valence-corrected chi connectivity index (χ3v) is 2.14. The van der Waals surface area contributed by atoms with Gasteiger partial charge < -0.3 is 15.2 Å². The zero-order valence-electron chi connectivity index (χ0n) is 8.91. The summed E-state index contributed by atoms with van der Waals surface area (Å²) in [6.07, 6.45) is 0. The van der Waals surface area contributed by atoms with Crippen molar-refractivity contribution in [2.75, 3.05) is 14.2 Å². The van der Waals surface area contributed by atoms with Gasteiger partial charge in [0.25, 0.3) is 0 Å². The molecule has 0 saturated heterocycles. The molecular weight excluding hydrogens is 178 g/mol. The van der Waals surface area contributed by atoms with Gasteiger partial charge in [-0.2, -0.15) is 0 Å². The van der Waals surface area contributed by atoms with E-state index in [4.69, 9.17) is 15.2 Å². The van der Waals surface area contributed by atoms with E-state index in [1.54, 1.807) is 14.2 Å². The number of rotatable bonds is 4. The molecule has 0 amide bonds. The third-order valence-electron chi connectivity index (χ3n) is 2.14. The van der Waals surface area contributed by atoms with Crippen LogP contribution in [0.1, 0.15) is 24.1 Å². The van der Waals surface area contributed by atoms with Crippen LogP contribution in [-0.4, -0.2) is 14.2 Å². The van der Waals surface area contributed by atoms with Gasteiger partial charge in [0.1, 0.15) is 5.75 Å². The van der Waals surface area contributed by atoms with Crippen LogP contribution in [0.2, 0.25) is 0 Å². The number of nitrogens with two attached hydrogens (primary N) is 1. The van der Waals surface area contributed by atoms with Gasteiger partial charge in [0.05, 0.1) is 13.7 Å². The van der Waals surface area contributed by atoms with Gasteiger partial charge in [-0.05, 0) is 30.2 Å². The van der Waals surface area contributed by atoms with Crippen molar-refractivity contribution in [2.24, 2.45) is 5.73 Å². The van der Waals surface area contributed by atoms with Crippen molar-refractivity contribution in [2.45, 2.75) is 19.6 Å². The number of benzene rings is 1. The van der Waals surface area contributed by atoms with Gasteiger partial charge in [-0.3, -0.25) is 0 Å². The molecule has 3 nitrogen and oxygen atoms in total. The standard InChI is InChI=1S/C11H17NO2/c1-8(12)11-5-4-10(14-3)6-9(11)7-13-2/h4-6,8H,7,12H2,1-3H3. The van der Waals surface area contributed by atoms with Crippen molar-refractivity contribution in [3.8, 4) is 5.75 Å². The molecule has 3 heteroatoms. The lowest BCUT2D eigenvalue weighted by Gasteiger charge is -2.13. The van der Waals surface area contributed by atoms with Crippen molar-refractivity contribution in [3.05, 3.63) is 29.3 Å². The second-order valence-corrected chi connectivity index (χ2v) is 3.29. The molecule has 0 heterocycles. The van der Waals surface area contributed by atoms with Crippen LogP contribution < -0.4 is 10.5 Å². The summed E-state index contributed by atoms with van der Waals surface area (Å²) in [6.45, 7) is 2.52. The maximum atomic E-state index is 5.84. The Morgan fingerprint density at radius 1 is 1.36 bits per heavy atom. The molecule has 78 valence electrons. The Kier molecular flexibility index (Phi) is 3.92. The summed E-state index contributed by atoms with van der Waals surface area (Å²) in [4.78, 5) is 0. The summed E-state index contributed by atoms with van der Waals surface area (Å²) in [6, 6.07) is 5.88. The SMILES string of the molecule is COCc1cc(OC)ccc1C(C)N. The fraction of sp³-hybridized carbons (Fsp3) is 0.455. The molecule has 0 aromatic heterocycles. The molecule has 0 aliphatic rings. The topological polar surface area (TPSA) is 44.5 Å². The van der Waals surface area contributed by atoms with Crippen molar-refractivity contribution in [1.29, 1.82) is 0 Å². The van der Waals surface area contributed by atoms with Gasteiger partial charge in [-0.15, -0.1) is 0 Å². The zero-order chi connectivity index (χ0) is 10.6. The van der Waals surface area contributed by atoms with Crippen LogP contribution >= 0.6 is 0 Å². The monoisotopic (exact) mass is 195 g/mol. The minimum absolute atomic E-state index is 0.0195. The highest BCUT2D eigenvalue weighted by molar-refractivity contribution is 5.36. The summed E-state index contributed by atoms with van der Waals surface area (Å²) in [5, 5.41) is 0. The van der Waals surface area contributed by atoms with E-state index < -0.39 is 0 Å². The van der Waals surface area contributed by atoms with Crippen LogP contribution in [0.3, 0.4) is 0 Å². The van der Waals surface area contributed by atoms with E-state index in [1.165, 1.54) is 0 Å². The van der Waals surface area contributed by atoms with Crippen LogP contribution in [0.5, 0.6) is 5.75 Å². The average Bonchev–Trinajstić information content (AvgIpc) is 2.17. The second kappa shape index (κ2) is 4.98. The molecule has 0 saturated carbocycles. The van der Waals surface area contributed by atoms with Crippen LogP contribution in [-0.2, 0) is 11.3 Å². The molecule has 1 unspecified atom stereocenters. The van der Waals surface area contributed by atoms with E-state index in [-0.39, 0.29) is 6.04 Å². The minimum atomic E-state index is 0.0195. The Balaban J connectivity index is 3.03. The fourth-order valence-corrected chi connectivity index (χ4v) is 1.43. The van der Waals surface area contributed by atoms with E-state index in [0.29, 0.717) is 6.61 Å². The Morgan fingerprint density at radius 3 is 2.57 bits per heavy atom. The molecule has 0 aliphatic heterocycles. The van der Waals surface area contributed by atoms with Crippen LogP contribution in [0.15, 0.2) is 18.2 Å². The number of ether oxygens (including phenoxy) is 2. The predicted octanol–water partition coefficient (Wildman–Crippen LogP) is 1.86. The average molecular weight is 195 g/mol. The molecule has 0 fully saturated rings. The molecule has 1 aromatic carbocycles. The molecule has 0 aliphatic carbocycles. The third kappa shape index (κ3) is 2.47. The van der Waals surface area contributed by atoms with Gasteiger partial charge in [-0.25, -0.2) is 0 Å². The Hall–Kier alpha value is -1.06. The summed E-state index contributed by atoms with van der Waals surface area (Å²) in [7, 11) is 3.32. The van der Waals surface area contributed by atoms with Crippen molar-refractivity contribution in [1.82, 2.24) is 0 Å². The van der Waals surface area contributed by atoms with Gasteiger partial charge in [0, 0.05) is 13.2 Å². The van der Waals surface area contributed by atoms with Crippen molar-refractivity contribution in [3.63, 3.8) is 0 Å². The molecule has 0 radical (unpaired) electrons. The highest BCUT2D eigenvalue weighted by Gasteiger charge is 2.07. The van der Waals surface area contributed by atoms with Crippen LogP contribution in [0.4, 0.5) is 0 Å². The van der Waals surface area contributed by atoms with Gasteiger partial charge in [-0.1, -0.05) is 6.07 Å². The van der Waals surface area contributed by atoms with E-state index in [1.807, 2.05) is 25.1 Å². The molecule has 0 spiro atoms. The van der Waals surface area contributed by atoms with Gasteiger partial charge >= 0.3 is 0 Å². The first-order chi connectivity index (χ1) is 6.69. The summed E-state index contributed by atoms with van der Waals surface area (Å²) in [5.74, 6) is 0.835. The smallest absolute Gasteiger partial charge is 0.119 e. The van der Waals surface area contributed by atoms with Crippen molar-refractivity contribution < 1.29 is 9.47 Å². The lowest BCUT2D eigenvalue weighted by Crippen LogP contribution is -2.09. The van der Waals surface area contributed by atoms with E-state index in [2.05, 4.69) is 0 Å². The molecule has 1 atom stereocenters. The summed E-state index contributed by atoms with van der Waals surface area (Å²) in [5.41, 5.74) is 8.03. The molecular formula is C11H17NO2. The summed E-state index contributed by atoms with van der Waals surface area (Å²) >= 11 is 0. The first-order valence-corrected chi connectivity index (χ1v) is 4.60. The second-order valence-electron chi connectivity index (χ2n) is 3.29. The lowest BCUT2D eigenvalue weighted by atomic mass is 10.0. The fourth-order valence-electron chi connectivity index (χ4n) is 1.43. The molecule has 14 heavy (non-hydrogen) atoms. The number of hydrogen-bond donors (Lipinski definition) is 1. The van der Waals surface area contributed by atoms with Gasteiger partial charge in [0.2, 0.25) is 0 Å². The van der Waals surface area contributed by atoms with Crippen molar-refractivity contribution >= 4 is 0 Å². The Labute approximate surface area is 84.8 Å². The maximum Gasteiger partial charge on any atom is 0.119 e. The molecule has 2 N–H and O–H groups in total. The Morgan fingerprint density at radius 2 is 2.07 bits per heavy atom. The van der Waals surface area contributed by atoms with Crippen LogP contribution in [0, 0.1) is 0 Å². The largest absolute Gasteiger partial charge is 0.497 e. The minimum Gasteiger partial charge on any atom is -0.497 e. The highest BCUT2D eigenvalue weighted by atomic mass is 16.5. The lowest BCUT2D eigenvalue weighted by molar-refractivity contribution is 0.183.